The van der Waals surface area contributed by atoms with Gasteiger partial charge in [0, 0.05) is 23.9 Å². The Balaban J connectivity index is 2.14. The molecule has 1 aromatic carbocycles. The van der Waals surface area contributed by atoms with E-state index in [2.05, 4.69) is 21.1 Å². The van der Waals surface area contributed by atoms with Crippen LogP contribution in [0.15, 0.2) is 16.7 Å². The third-order valence-electron chi connectivity index (χ3n) is 4.09. The van der Waals surface area contributed by atoms with Crippen LogP contribution in [0.5, 0.6) is 0 Å². The molecule has 3 N–H and O–H groups in total. The molecule has 1 unspecified atom stereocenters. The average Bonchev–Trinajstić information content (AvgIpc) is 2.85. The van der Waals surface area contributed by atoms with Gasteiger partial charge >= 0.3 is 6.03 Å². The summed E-state index contributed by atoms with van der Waals surface area (Å²) in [7, 11) is 0. The van der Waals surface area contributed by atoms with Gasteiger partial charge in [-0.2, -0.15) is 0 Å². The summed E-state index contributed by atoms with van der Waals surface area (Å²) in [5.41, 5.74) is 4.71. The molecule has 1 atom stereocenters. The number of amides is 3. The molecule has 1 aromatic heterocycles. The number of nitrogens with zero attached hydrogens (tertiary/aromatic N) is 1. The van der Waals surface area contributed by atoms with Crippen LogP contribution >= 0.6 is 0 Å². The number of aryl methyl sites for hydroxylation is 3. The highest BCUT2D eigenvalue weighted by molar-refractivity contribution is 5.95. The van der Waals surface area contributed by atoms with Crippen LogP contribution < -0.4 is 16.0 Å². The Labute approximate surface area is 147 Å². The maximum absolute atomic E-state index is 12.4. The largest absolute Gasteiger partial charge is 0.361 e. The minimum absolute atomic E-state index is 0.153. The van der Waals surface area contributed by atoms with Gasteiger partial charge in [-0.15, -0.1) is 0 Å². The lowest BCUT2D eigenvalue weighted by molar-refractivity contribution is -0.114. The van der Waals surface area contributed by atoms with Crippen LogP contribution in [0, 0.1) is 27.7 Å². The molecule has 0 aliphatic carbocycles. The first-order valence-corrected chi connectivity index (χ1v) is 8.08. The van der Waals surface area contributed by atoms with Gasteiger partial charge in [0.15, 0.2) is 0 Å². The lowest BCUT2D eigenvalue weighted by atomic mass is 10.1. The predicted molar refractivity (Wildman–Crippen MR) is 96.8 cm³/mol. The summed E-state index contributed by atoms with van der Waals surface area (Å²) in [6.45, 7) is 10.7. The van der Waals surface area contributed by atoms with E-state index in [4.69, 9.17) is 4.52 Å². The Morgan fingerprint density at radius 3 is 2.36 bits per heavy atom. The van der Waals surface area contributed by atoms with Crippen molar-refractivity contribution in [3.8, 4) is 0 Å². The molecule has 0 saturated heterocycles. The van der Waals surface area contributed by atoms with E-state index < -0.39 is 0 Å². The van der Waals surface area contributed by atoms with Gasteiger partial charge in [0.25, 0.3) is 0 Å². The van der Waals surface area contributed by atoms with Gasteiger partial charge in [-0.1, -0.05) is 11.2 Å². The predicted octanol–water partition coefficient (Wildman–Crippen LogP) is 3.75. The highest BCUT2D eigenvalue weighted by Crippen LogP contribution is 2.27. The Morgan fingerprint density at radius 2 is 1.80 bits per heavy atom. The zero-order valence-electron chi connectivity index (χ0n) is 15.4. The number of carbonyl (C=O) groups excluding carboxylic acids is 2. The first-order valence-electron chi connectivity index (χ1n) is 8.08. The van der Waals surface area contributed by atoms with Crippen LogP contribution in [0.4, 0.5) is 16.2 Å². The van der Waals surface area contributed by atoms with E-state index in [9.17, 15) is 9.59 Å². The van der Waals surface area contributed by atoms with E-state index in [1.807, 2.05) is 46.8 Å². The fourth-order valence-corrected chi connectivity index (χ4v) is 2.89. The van der Waals surface area contributed by atoms with Gasteiger partial charge in [-0.25, -0.2) is 4.79 Å². The number of aromatic nitrogens is 1. The second kappa shape index (κ2) is 7.38. The monoisotopic (exact) mass is 344 g/mol. The maximum atomic E-state index is 12.4. The number of carbonyl (C=O) groups is 2. The van der Waals surface area contributed by atoms with Gasteiger partial charge < -0.3 is 20.5 Å². The van der Waals surface area contributed by atoms with E-state index in [0.717, 1.165) is 22.4 Å². The quantitative estimate of drug-likeness (QED) is 0.787. The summed E-state index contributed by atoms with van der Waals surface area (Å²) < 4.78 is 5.14. The summed E-state index contributed by atoms with van der Waals surface area (Å²) in [5.74, 6) is 0.532. The number of urea groups is 1. The molecule has 7 nitrogen and oxygen atoms in total. The standard InChI is InChI=1S/C18H24N4O3/c1-9-7-8-15(10(2)17(9)20-14(6)23)21-18(24)19-11(3)16-12(4)22-25-13(16)5/h7-8,11H,1-6H3,(H,20,23)(H2,19,21,24). The van der Waals surface area contributed by atoms with Crippen molar-refractivity contribution < 1.29 is 14.1 Å². The fourth-order valence-electron chi connectivity index (χ4n) is 2.89. The Kier molecular flexibility index (Phi) is 5.46. The molecule has 2 rings (SSSR count). The normalized spacial score (nSPS) is 11.8. The Morgan fingerprint density at radius 1 is 1.12 bits per heavy atom. The number of nitrogens with one attached hydrogen (secondary N) is 3. The number of hydrogen-bond donors (Lipinski definition) is 3. The van der Waals surface area contributed by atoms with Crippen molar-refractivity contribution in [3.63, 3.8) is 0 Å². The average molecular weight is 344 g/mol. The Hall–Kier alpha value is -2.83. The zero-order valence-corrected chi connectivity index (χ0v) is 15.4. The van der Waals surface area contributed by atoms with Crippen molar-refractivity contribution >= 4 is 23.3 Å². The van der Waals surface area contributed by atoms with E-state index in [1.54, 1.807) is 0 Å². The molecule has 0 aliphatic rings. The Bertz CT molecular complexity index is 791. The lowest BCUT2D eigenvalue weighted by Crippen LogP contribution is -2.32. The molecule has 0 saturated carbocycles. The lowest BCUT2D eigenvalue weighted by Gasteiger charge is -2.18. The fraction of sp³-hybridized carbons (Fsp3) is 0.389. The summed E-state index contributed by atoms with van der Waals surface area (Å²) in [6, 6.07) is 3.09. The third-order valence-corrected chi connectivity index (χ3v) is 4.09. The van der Waals surface area contributed by atoms with Gasteiger partial charge in [-0.05, 0) is 51.8 Å². The molecule has 0 fully saturated rings. The molecule has 0 bridgehead atoms. The van der Waals surface area contributed by atoms with Crippen LogP contribution in [0.1, 0.15) is 48.0 Å². The molecule has 1 heterocycles. The topological polar surface area (TPSA) is 96.3 Å². The van der Waals surface area contributed by atoms with Crippen LogP contribution in [0.25, 0.3) is 0 Å². The minimum Gasteiger partial charge on any atom is -0.361 e. The van der Waals surface area contributed by atoms with Gasteiger partial charge in [0.2, 0.25) is 5.91 Å². The van der Waals surface area contributed by atoms with Crippen molar-refractivity contribution in [2.24, 2.45) is 0 Å². The van der Waals surface area contributed by atoms with Crippen LogP contribution in [0.3, 0.4) is 0 Å². The maximum Gasteiger partial charge on any atom is 0.319 e. The number of benzene rings is 1. The first kappa shape index (κ1) is 18.5. The van der Waals surface area contributed by atoms with Crippen molar-refractivity contribution in [2.75, 3.05) is 10.6 Å². The third kappa shape index (κ3) is 4.17. The first-order chi connectivity index (χ1) is 11.7. The van der Waals surface area contributed by atoms with Crippen LogP contribution in [0.2, 0.25) is 0 Å². The molecular formula is C18H24N4O3. The minimum atomic E-state index is -0.340. The second-order valence-corrected chi connectivity index (χ2v) is 6.17. The molecule has 0 radical (unpaired) electrons. The van der Waals surface area contributed by atoms with Gasteiger partial charge in [-0.3, -0.25) is 4.79 Å². The highest BCUT2D eigenvalue weighted by Gasteiger charge is 2.19. The van der Waals surface area contributed by atoms with E-state index in [-0.39, 0.29) is 18.0 Å². The summed E-state index contributed by atoms with van der Waals surface area (Å²) in [6.07, 6.45) is 0. The molecule has 7 heteroatoms. The van der Waals surface area contributed by atoms with E-state index in [1.165, 1.54) is 6.92 Å². The summed E-state index contributed by atoms with van der Waals surface area (Å²) >= 11 is 0. The van der Waals surface area contributed by atoms with Crippen LogP contribution in [-0.2, 0) is 4.79 Å². The zero-order chi connectivity index (χ0) is 18.7. The number of rotatable bonds is 4. The smallest absolute Gasteiger partial charge is 0.319 e. The molecular weight excluding hydrogens is 320 g/mol. The van der Waals surface area contributed by atoms with Crippen molar-refractivity contribution in [2.45, 2.75) is 47.6 Å². The van der Waals surface area contributed by atoms with Crippen LogP contribution in [-0.4, -0.2) is 17.1 Å². The number of hydrogen-bond acceptors (Lipinski definition) is 4. The molecule has 0 spiro atoms. The summed E-state index contributed by atoms with van der Waals surface area (Å²) in [5, 5.41) is 12.4. The molecule has 134 valence electrons. The van der Waals surface area contributed by atoms with E-state index in [0.29, 0.717) is 17.1 Å². The highest BCUT2D eigenvalue weighted by atomic mass is 16.5. The SMILES string of the molecule is CC(=O)Nc1c(C)ccc(NC(=O)NC(C)c2c(C)noc2C)c1C. The van der Waals surface area contributed by atoms with Gasteiger partial charge in [0.1, 0.15) is 5.76 Å². The number of anilines is 2. The molecule has 3 amide bonds. The van der Waals surface area contributed by atoms with Gasteiger partial charge in [0.05, 0.1) is 11.7 Å². The second-order valence-electron chi connectivity index (χ2n) is 6.17. The molecule has 0 aliphatic heterocycles. The molecule has 25 heavy (non-hydrogen) atoms. The van der Waals surface area contributed by atoms with Crippen molar-refractivity contribution in [1.82, 2.24) is 10.5 Å². The summed E-state index contributed by atoms with van der Waals surface area (Å²) in [4.78, 5) is 23.7. The van der Waals surface area contributed by atoms with Crippen molar-refractivity contribution in [1.29, 1.82) is 0 Å². The molecule has 2 aromatic rings. The van der Waals surface area contributed by atoms with E-state index >= 15 is 0 Å². The van der Waals surface area contributed by atoms with Crippen molar-refractivity contribution in [3.05, 3.63) is 40.3 Å².